The normalized spacial score (nSPS) is 10.4. The van der Waals surface area contributed by atoms with Crippen molar-refractivity contribution >= 4 is 17.3 Å². The number of rotatable bonds is 2. The minimum Gasteiger partial charge on any atom is -0.396 e. The van der Waals surface area contributed by atoms with Crippen LogP contribution in [0.4, 0.5) is 5.69 Å². The van der Waals surface area contributed by atoms with Crippen LogP contribution in [0.5, 0.6) is 0 Å². The second-order valence-electron chi connectivity index (χ2n) is 3.39. The summed E-state index contributed by atoms with van der Waals surface area (Å²) in [5.74, 6) is 0.441. The topological polar surface area (TPSA) is 54.7 Å². The molecular weight excluding hydrogens is 186 g/mol. The van der Waals surface area contributed by atoms with E-state index in [4.69, 9.17) is 22.6 Å². The summed E-state index contributed by atoms with van der Waals surface area (Å²) in [6, 6.07) is 3.66. The summed E-state index contributed by atoms with van der Waals surface area (Å²) < 4.78 is 1.74. The van der Waals surface area contributed by atoms with E-state index in [0.717, 1.165) is 6.54 Å². The second-order valence-corrected chi connectivity index (χ2v) is 3.75. The number of nitriles is 1. The molecule has 0 amide bonds. The fraction of sp³-hybridized carbons (Fsp3) is 0.444. The quantitative estimate of drug-likeness (QED) is 0.791. The molecule has 0 spiro atoms. The Morgan fingerprint density at radius 1 is 1.69 bits per heavy atom. The zero-order valence-corrected chi connectivity index (χ0v) is 8.47. The van der Waals surface area contributed by atoms with Crippen LogP contribution in [0.1, 0.15) is 19.5 Å². The van der Waals surface area contributed by atoms with Crippen LogP contribution in [0.3, 0.4) is 0 Å². The maximum atomic E-state index is 8.78. The number of nitrogens with zero attached hydrogens (tertiary/aromatic N) is 2. The van der Waals surface area contributed by atoms with Gasteiger partial charge in [0, 0.05) is 6.54 Å². The Morgan fingerprint density at radius 3 is 2.77 bits per heavy atom. The van der Waals surface area contributed by atoms with Gasteiger partial charge < -0.3 is 10.3 Å². The molecule has 0 unspecified atom stereocenters. The molecule has 0 aliphatic carbocycles. The van der Waals surface area contributed by atoms with E-state index in [1.807, 2.05) is 0 Å². The zero-order chi connectivity index (χ0) is 10.0. The number of hydrogen-bond acceptors (Lipinski definition) is 2. The maximum Gasteiger partial charge on any atom is 0.133 e. The molecule has 1 aromatic rings. The van der Waals surface area contributed by atoms with Gasteiger partial charge in [0.1, 0.15) is 16.9 Å². The molecule has 0 aliphatic heterocycles. The summed E-state index contributed by atoms with van der Waals surface area (Å²) in [6.07, 6.45) is 0. The second kappa shape index (κ2) is 3.71. The Kier molecular flexibility index (Phi) is 2.84. The predicted octanol–water partition coefficient (Wildman–Crippen LogP) is 2.25. The number of nitrogen functional groups attached to an aromatic ring is 1. The Balaban J connectivity index is 3.11. The first-order valence-electron chi connectivity index (χ1n) is 4.11. The van der Waals surface area contributed by atoms with Crippen molar-refractivity contribution in [3.63, 3.8) is 0 Å². The largest absolute Gasteiger partial charge is 0.396 e. The van der Waals surface area contributed by atoms with E-state index in [1.54, 1.807) is 10.6 Å². The number of aromatic nitrogens is 1. The lowest BCUT2D eigenvalue weighted by atomic mass is 10.2. The molecule has 0 radical (unpaired) electrons. The molecule has 0 atom stereocenters. The molecule has 1 aromatic heterocycles. The van der Waals surface area contributed by atoms with E-state index >= 15 is 0 Å². The van der Waals surface area contributed by atoms with Crippen molar-refractivity contribution in [1.82, 2.24) is 4.57 Å². The number of anilines is 1. The van der Waals surface area contributed by atoms with E-state index in [9.17, 15) is 0 Å². The first-order chi connectivity index (χ1) is 6.06. The van der Waals surface area contributed by atoms with Crippen LogP contribution in [-0.4, -0.2) is 4.57 Å². The van der Waals surface area contributed by atoms with Crippen molar-refractivity contribution < 1.29 is 0 Å². The van der Waals surface area contributed by atoms with E-state index < -0.39 is 0 Å². The van der Waals surface area contributed by atoms with Gasteiger partial charge in [0.2, 0.25) is 0 Å². The highest BCUT2D eigenvalue weighted by Gasteiger charge is 2.11. The molecule has 0 bridgehead atoms. The molecule has 13 heavy (non-hydrogen) atoms. The molecule has 0 fully saturated rings. The molecule has 4 heteroatoms. The van der Waals surface area contributed by atoms with Gasteiger partial charge in [-0.25, -0.2) is 0 Å². The highest BCUT2D eigenvalue weighted by molar-refractivity contribution is 6.32. The predicted molar refractivity (Wildman–Crippen MR) is 53.4 cm³/mol. The van der Waals surface area contributed by atoms with Gasteiger partial charge in [-0.2, -0.15) is 5.26 Å². The van der Waals surface area contributed by atoms with Gasteiger partial charge in [-0.3, -0.25) is 0 Å². The number of hydrogen-bond donors (Lipinski definition) is 1. The van der Waals surface area contributed by atoms with E-state index in [1.165, 1.54) is 0 Å². The lowest BCUT2D eigenvalue weighted by Crippen LogP contribution is -2.06. The van der Waals surface area contributed by atoms with Crippen molar-refractivity contribution in [2.75, 3.05) is 5.73 Å². The molecule has 1 rings (SSSR count). The van der Waals surface area contributed by atoms with Crippen LogP contribution in [-0.2, 0) is 6.54 Å². The average Bonchev–Trinajstić information content (AvgIpc) is 2.31. The highest BCUT2D eigenvalue weighted by atomic mass is 35.5. The summed E-state index contributed by atoms with van der Waals surface area (Å²) in [7, 11) is 0. The van der Waals surface area contributed by atoms with Crippen LogP contribution in [0.15, 0.2) is 6.07 Å². The summed E-state index contributed by atoms with van der Waals surface area (Å²) in [5, 5.41) is 9.25. The lowest BCUT2D eigenvalue weighted by molar-refractivity contribution is 0.522. The molecule has 0 aromatic carbocycles. The fourth-order valence-electron chi connectivity index (χ4n) is 1.18. The summed E-state index contributed by atoms with van der Waals surface area (Å²) >= 11 is 5.92. The molecule has 3 nitrogen and oxygen atoms in total. The third-order valence-electron chi connectivity index (χ3n) is 1.72. The lowest BCUT2D eigenvalue weighted by Gasteiger charge is -2.08. The Hall–Kier alpha value is -1.14. The summed E-state index contributed by atoms with van der Waals surface area (Å²) in [4.78, 5) is 0. The first-order valence-corrected chi connectivity index (χ1v) is 4.48. The smallest absolute Gasteiger partial charge is 0.133 e. The Labute approximate surface area is 82.7 Å². The first kappa shape index (κ1) is 9.94. The zero-order valence-electron chi connectivity index (χ0n) is 7.71. The van der Waals surface area contributed by atoms with Gasteiger partial charge in [-0.1, -0.05) is 25.4 Å². The Morgan fingerprint density at radius 2 is 2.31 bits per heavy atom. The molecule has 2 N–H and O–H groups in total. The maximum absolute atomic E-state index is 8.78. The van der Waals surface area contributed by atoms with Gasteiger partial charge >= 0.3 is 0 Å². The SMILES string of the molecule is CC(C)Cn1c(C#N)cc(N)c1Cl. The van der Waals surface area contributed by atoms with Crippen LogP contribution >= 0.6 is 11.6 Å². The molecule has 0 aliphatic rings. The monoisotopic (exact) mass is 197 g/mol. The van der Waals surface area contributed by atoms with Crippen LogP contribution in [0.2, 0.25) is 5.15 Å². The van der Waals surface area contributed by atoms with Crippen LogP contribution < -0.4 is 5.73 Å². The van der Waals surface area contributed by atoms with Crippen LogP contribution in [0.25, 0.3) is 0 Å². The number of halogens is 1. The van der Waals surface area contributed by atoms with Crippen molar-refractivity contribution in [2.24, 2.45) is 5.92 Å². The third kappa shape index (κ3) is 1.96. The van der Waals surface area contributed by atoms with Crippen LogP contribution in [0, 0.1) is 17.2 Å². The minimum absolute atomic E-state index is 0.441. The van der Waals surface area contributed by atoms with Gasteiger partial charge in [0.05, 0.1) is 5.69 Å². The highest BCUT2D eigenvalue weighted by Crippen LogP contribution is 2.24. The summed E-state index contributed by atoms with van der Waals surface area (Å²) in [6.45, 7) is 4.85. The fourth-order valence-corrected chi connectivity index (χ4v) is 1.40. The van der Waals surface area contributed by atoms with E-state index in [2.05, 4.69) is 19.9 Å². The van der Waals surface area contributed by atoms with Crippen molar-refractivity contribution in [1.29, 1.82) is 5.26 Å². The standard InChI is InChI=1S/C9H12ClN3/c1-6(2)5-13-7(4-11)3-8(12)9(13)10/h3,6H,5,12H2,1-2H3. The van der Waals surface area contributed by atoms with Gasteiger partial charge in [0.15, 0.2) is 0 Å². The minimum atomic E-state index is 0.441. The molecule has 0 saturated heterocycles. The van der Waals surface area contributed by atoms with E-state index in [-0.39, 0.29) is 0 Å². The Bertz CT molecular complexity index is 346. The molecular formula is C9H12ClN3. The van der Waals surface area contributed by atoms with E-state index in [0.29, 0.717) is 22.5 Å². The summed E-state index contributed by atoms with van der Waals surface area (Å²) in [5.41, 5.74) is 6.58. The van der Waals surface area contributed by atoms with Crippen molar-refractivity contribution in [3.8, 4) is 6.07 Å². The average molecular weight is 198 g/mol. The third-order valence-corrected chi connectivity index (χ3v) is 2.14. The molecule has 1 heterocycles. The van der Waals surface area contributed by atoms with Gasteiger partial charge in [-0.05, 0) is 12.0 Å². The van der Waals surface area contributed by atoms with Gasteiger partial charge in [-0.15, -0.1) is 0 Å². The van der Waals surface area contributed by atoms with Crippen molar-refractivity contribution in [2.45, 2.75) is 20.4 Å². The molecule has 0 saturated carbocycles. The van der Waals surface area contributed by atoms with Gasteiger partial charge in [0.25, 0.3) is 0 Å². The molecule has 70 valence electrons. The number of nitrogens with two attached hydrogens (primary N) is 1. The van der Waals surface area contributed by atoms with Crippen molar-refractivity contribution in [3.05, 3.63) is 16.9 Å².